The van der Waals surface area contributed by atoms with Gasteiger partial charge in [-0.1, -0.05) is 53.5 Å². The molecular formula is C19H17Cl2N3O. The van der Waals surface area contributed by atoms with Gasteiger partial charge in [0.25, 0.3) is 0 Å². The van der Waals surface area contributed by atoms with Crippen molar-refractivity contribution in [2.45, 2.75) is 25.4 Å². The summed E-state index contributed by atoms with van der Waals surface area (Å²) >= 11 is 12.2. The minimum Gasteiger partial charge on any atom is -0.419 e. The molecule has 4 nitrogen and oxygen atoms in total. The Kier molecular flexibility index (Phi) is 4.75. The Labute approximate surface area is 156 Å². The fourth-order valence-corrected chi connectivity index (χ4v) is 3.82. The van der Waals surface area contributed by atoms with Gasteiger partial charge in [0, 0.05) is 11.1 Å². The molecule has 1 unspecified atom stereocenters. The normalized spacial score (nSPS) is 17.9. The van der Waals surface area contributed by atoms with Crippen LogP contribution in [-0.4, -0.2) is 21.6 Å². The Balaban J connectivity index is 1.53. The average Bonchev–Trinajstić information content (AvgIpc) is 3.26. The van der Waals surface area contributed by atoms with E-state index < -0.39 is 0 Å². The predicted octanol–water partition coefficient (Wildman–Crippen LogP) is 5.38. The van der Waals surface area contributed by atoms with E-state index in [0.29, 0.717) is 40.0 Å². The molecule has 0 saturated carbocycles. The lowest BCUT2D eigenvalue weighted by Crippen LogP contribution is -2.22. The van der Waals surface area contributed by atoms with E-state index in [1.165, 1.54) is 12.0 Å². The number of likely N-dealkylation sites (tertiary alicyclic amines) is 1. The maximum atomic E-state index is 6.22. The molecule has 3 aromatic rings. The molecule has 6 heteroatoms. The highest BCUT2D eigenvalue weighted by atomic mass is 35.5. The summed E-state index contributed by atoms with van der Waals surface area (Å²) in [4.78, 5) is 2.39. The number of hydrogen-bond acceptors (Lipinski definition) is 4. The highest BCUT2D eigenvalue weighted by Crippen LogP contribution is 2.34. The molecule has 1 atom stereocenters. The third-order valence-corrected chi connectivity index (χ3v) is 5.06. The van der Waals surface area contributed by atoms with Crippen molar-refractivity contribution in [1.29, 1.82) is 0 Å². The molecule has 1 saturated heterocycles. The van der Waals surface area contributed by atoms with Crippen LogP contribution in [0.1, 0.15) is 30.3 Å². The second kappa shape index (κ2) is 7.16. The van der Waals surface area contributed by atoms with Gasteiger partial charge in [0.15, 0.2) is 0 Å². The first-order valence-electron chi connectivity index (χ1n) is 8.27. The Morgan fingerprint density at radius 1 is 1.08 bits per heavy atom. The van der Waals surface area contributed by atoms with Crippen LogP contribution in [0.4, 0.5) is 0 Å². The van der Waals surface area contributed by atoms with Crippen molar-refractivity contribution in [2.75, 3.05) is 6.54 Å². The van der Waals surface area contributed by atoms with E-state index in [-0.39, 0.29) is 0 Å². The molecule has 0 N–H and O–H groups in total. The van der Waals surface area contributed by atoms with Gasteiger partial charge in [-0.2, -0.15) is 0 Å². The smallest absolute Gasteiger partial charge is 0.249 e. The van der Waals surface area contributed by atoms with Crippen LogP contribution in [0.3, 0.4) is 0 Å². The predicted molar refractivity (Wildman–Crippen MR) is 98.6 cm³/mol. The summed E-state index contributed by atoms with van der Waals surface area (Å²) in [6, 6.07) is 16.2. The molecule has 0 amide bonds. The molecule has 1 aliphatic rings. The summed E-state index contributed by atoms with van der Waals surface area (Å²) in [6.07, 6.45) is 2.32. The van der Waals surface area contributed by atoms with Crippen LogP contribution in [0, 0.1) is 0 Å². The zero-order valence-corrected chi connectivity index (χ0v) is 15.0. The van der Waals surface area contributed by atoms with Gasteiger partial charge in [-0.15, -0.1) is 10.2 Å². The van der Waals surface area contributed by atoms with Crippen molar-refractivity contribution in [3.63, 3.8) is 0 Å². The van der Waals surface area contributed by atoms with Crippen LogP contribution in [0.25, 0.3) is 11.5 Å². The van der Waals surface area contributed by atoms with Crippen molar-refractivity contribution < 1.29 is 4.42 Å². The average molecular weight is 374 g/mol. The first kappa shape index (κ1) is 16.6. The van der Waals surface area contributed by atoms with E-state index in [1.807, 2.05) is 6.07 Å². The number of rotatable bonds is 4. The fraction of sp³-hybridized carbons (Fsp3) is 0.263. The van der Waals surface area contributed by atoms with Crippen LogP contribution >= 0.6 is 23.2 Å². The van der Waals surface area contributed by atoms with E-state index >= 15 is 0 Å². The summed E-state index contributed by atoms with van der Waals surface area (Å²) in [6.45, 7) is 1.66. The standard InChI is InChI=1S/C19H17Cl2N3O/c20-14-8-9-15(16(21)11-14)19-23-22-18(25-19)12-24-10-4-7-17(24)13-5-2-1-3-6-13/h1-3,5-6,8-9,11,17H,4,7,10,12H2. The quantitative estimate of drug-likeness (QED) is 0.615. The van der Waals surface area contributed by atoms with Crippen molar-refractivity contribution in [1.82, 2.24) is 15.1 Å². The molecule has 2 heterocycles. The molecule has 25 heavy (non-hydrogen) atoms. The molecule has 0 radical (unpaired) electrons. The summed E-state index contributed by atoms with van der Waals surface area (Å²) in [7, 11) is 0. The second-order valence-electron chi connectivity index (χ2n) is 6.16. The maximum absolute atomic E-state index is 6.22. The topological polar surface area (TPSA) is 42.2 Å². The van der Waals surface area contributed by atoms with Gasteiger partial charge in [0.05, 0.1) is 17.1 Å². The first-order valence-corrected chi connectivity index (χ1v) is 9.03. The number of nitrogens with zero attached hydrogens (tertiary/aromatic N) is 3. The molecule has 1 fully saturated rings. The molecule has 2 aromatic carbocycles. The van der Waals surface area contributed by atoms with Gasteiger partial charge in [-0.25, -0.2) is 0 Å². The van der Waals surface area contributed by atoms with Gasteiger partial charge < -0.3 is 4.42 Å². The van der Waals surface area contributed by atoms with Crippen molar-refractivity contribution in [3.8, 4) is 11.5 Å². The Morgan fingerprint density at radius 3 is 2.72 bits per heavy atom. The van der Waals surface area contributed by atoms with Crippen LogP contribution in [-0.2, 0) is 6.54 Å². The number of benzene rings is 2. The minimum absolute atomic E-state index is 0.399. The van der Waals surface area contributed by atoms with E-state index in [1.54, 1.807) is 18.2 Å². The maximum Gasteiger partial charge on any atom is 0.249 e. The van der Waals surface area contributed by atoms with E-state index in [2.05, 4.69) is 39.4 Å². The SMILES string of the molecule is Clc1ccc(-c2nnc(CN3CCCC3c3ccccc3)o2)c(Cl)c1. The summed E-state index contributed by atoms with van der Waals surface area (Å²) < 4.78 is 5.85. The monoisotopic (exact) mass is 373 g/mol. The molecule has 1 aromatic heterocycles. The lowest BCUT2D eigenvalue weighted by molar-refractivity contribution is 0.224. The number of halogens is 2. The van der Waals surface area contributed by atoms with E-state index in [4.69, 9.17) is 27.6 Å². The fourth-order valence-electron chi connectivity index (χ4n) is 3.33. The van der Waals surface area contributed by atoms with Gasteiger partial charge in [0.1, 0.15) is 0 Å². The van der Waals surface area contributed by atoms with Gasteiger partial charge in [-0.05, 0) is 43.1 Å². The third-order valence-electron chi connectivity index (χ3n) is 4.51. The number of hydrogen-bond donors (Lipinski definition) is 0. The van der Waals surface area contributed by atoms with Gasteiger partial charge >= 0.3 is 0 Å². The van der Waals surface area contributed by atoms with E-state index in [0.717, 1.165) is 13.0 Å². The molecule has 1 aliphatic heterocycles. The lowest BCUT2D eigenvalue weighted by atomic mass is 10.0. The molecule has 0 bridgehead atoms. The van der Waals surface area contributed by atoms with Crippen molar-refractivity contribution >= 4 is 23.2 Å². The zero-order chi connectivity index (χ0) is 17.2. The summed E-state index contributed by atoms with van der Waals surface area (Å²) in [5, 5.41) is 9.43. The Bertz CT molecular complexity index is 866. The highest BCUT2D eigenvalue weighted by molar-refractivity contribution is 6.36. The van der Waals surface area contributed by atoms with Crippen LogP contribution in [0.15, 0.2) is 52.9 Å². The first-order chi connectivity index (χ1) is 12.2. The van der Waals surface area contributed by atoms with Gasteiger partial charge in [0.2, 0.25) is 11.8 Å². The summed E-state index contributed by atoms with van der Waals surface area (Å²) in [5.41, 5.74) is 2.03. The van der Waals surface area contributed by atoms with Crippen molar-refractivity contribution in [2.24, 2.45) is 0 Å². The third kappa shape index (κ3) is 3.56. The van der Waals surface area contributed by atoms with Crippen LogP contribution in [0.2, 0.25) is 10.0 Å². The Hall–Kier alpha value is -1.88. The number of aromatic nitrogens is 2. The van der Waals surface area contributed by atoms with Crippen LogP contribution in [0.5, 0.6) is 0 Å². The molecule has 0 spiro atoms. The molecule has 128 valence electrons. The van der Waals surface area contributed by atoms with Crippen LogP contribution < -0.4 is 0 Å². The Morgan fingerprint density at radius 2 is 1.92 bits per heavy atom. The zero-order valence-electron chi connectivity index (χ0n) is 13.5. The molecule has 0 aliphatic carbocycles. The largest absolute Gasteiger partial charge is 0.419 e. The summed E-state index contributed by atoms with van der Waals surface area (Å²) in [5.74, 6) is 1.02. The molecule has 4 rings (SSSR count). The minimum atomic E-state index is 0.399. The van der Waals surface area contributed by atoms with E-state index in [9.17, 15) is 0 Å². The molecular weight excluding hydrogens is 357 g/mol. The lowest BCUT2D eigenvalue weighted by Gasteiger charge is -2.23. The second-order valence-corrected chi connectivity index (χ2v) is 7.01. The van der Waals surface area contributed by atoms with Crippen molar-refractivity contribution in [3.05, 3.63) is 70.0 Å². The van der Waals surface area contributed by atoms with Gasteiger partial charge in [-0.3, -0.25) is 4.90 Å². The highest BCUT2D eigenvalue weighted by Gasteiger charge is 2.27.